The molecule has 0 bridgehead atoms. The summed E-state index contributed by atoms with van der Waals surface area (Å²) in [7, 11) is 3.55. The highest BCUT2D eigenvalue weighted by Gasteiger charge is 2.10. The Bertz CT molecular complexity index is 575. The van der Waals surface area contributed by atoms with Crippen LogP contribution in [0.5, 0.6) is 11.6 Å². The molecule has 21 heavy (non-hydrogen) atoms. The molecule has 1 aromatic carbocycles. The van der Waals surface area contributed by atoms with E-state index in [0.717, 1.165) is 22.7 Å². The topological polar surface area (TPSA) is 43.4 Å². The number of anilines is 1. The van der Waals surface area contributed by atoms with Crippen LogP contribution in [0.4, 0.5) is 5.69 Å². The zero-order valence-electron chi connectivity index (χ0n) is 13.0. The number of hydrogen-bond donors (Lipinski definition) is 1. The van der Waals surface area contributed by atoms with Crippen molar-refractivity contribution in [3.05, 3.63) is 47.7 Å². The van der Waals surface area contributed by atoms with E-state index >= 15 is 0 Å². The first-order chi connectivity index (χ1) is 10.2. The molecule has 0 fully saturated rings. The van der Waals surface area contributed by atoms with Gasteiger partial charge in [-0.25, -0.2) is 4.98 Å². The summed E-state index contributed by atoms with van der Waals surface area (Å²) in [6.07, 6.45) is 0. The van der Waals surface area contributed by atoms with Crippen molar-refractivity contribution >= 4 is 5.69 Å². The highest BCUT2D eigenvalue weighted by atomic mass is 16.5. The molecule has 0 atom stereocenters. The van der Waals surface area contributed by atoms with E-state index in [1.54, 1.807) is 7.11 Å². The molecule has 112 valence electrons. The van der Waals surface area contributed by atoms with Gasteiger partial charge in [0.15, 0.2) is 0 Å². The highest BCUT2D eigenvalue weighted by Crippen LogP contribution is 2.27. The fraction of sp³-hybridized carbons (Fsp3) is 0.353. The summed E-state index contributed by atoms with van der Waals surface area (Å²) in [4.78, 5) is 4.51. The van der Waals surface area contributed by atoms with Crippen LogP contribution in [0.25, 0.3) is 0 Å². The van der Waals surface area contributed by atoms with Crippen LogP contribution in [0.15, 0.2) is 36.4 Å². The van der Waals surface area contributed by atoms with Crippen LogP contribution in [0.2, 0.25) is 0 Å². The number of nitrogens with one attached hydrogen (secondary N) is 1. The van der Waals surface area contributed by atoms with Crippen LogP contribution in [-0.4, -0.2) is 19.1 Å². The standard InChI is InChI=1S/C17H22N2O2/c1-12(2)14-7-6-10-17(19-14)21-11-13-15(18-3)8-5-9-16(13)20-4/h5-10,12,18H,11H2,1-4H3. The van der Waals surface area contributed by atoms with Crippen molar-refractivity contribution in [2.45, 2.75) is 26.4 Å². The van der Waals surface area contributed by atoms with E-state index in [1.165, 1.54) is 0 Å². The summed E-state index contributed by atoms with van der Waals surface area (Å²) < 4.78 is 11.2. The van der Waals surface area contributed by atoms with Gasteiger partial charge in [-0.1, -0.05) is 26.0 Å². The van der Waals surface area contributed by atoms with Gasteiger partial charge in [0.05, 0.1) is 12.7 Å². The molecule has 1 aromatic heterocycles. The average molecular weight is 286 g/mol. The molecular formula is C17H22N2O2. The van der Waals surface area contributed by atoms with Gasteiger partial charge in [0, 0.05) is 24.5 Å². The normalized spacial score (nSPS) is 10.5. The largest absolute Gasteiger partial charge is 0.496 e. The van der Waals surface area contributed by atoms with Crippen LogP contribution >= 0.6 is 0 Å². The lowest BCUT2D eigenvalue weighted by atomic mass is 10.1. The Labute approximate surface area is 126 Å². The molecule has 0 aliphatic carbocycles. The second-order valence-electron chi connectivity index (χ2n) is 5.08. The minimum Gasteiger partial charge on any atom is -0.496 e. The molecule has 4 heteroatoms. The lowest BCUT2D eigenvalue weighted by Gasteiger charge is -2.14. The second-order valence-corrected chi connectivity index (χ2v) is 5.08. The van der Waals surface area contributed by atoms with Crippen molar-refractivity contribution in [3.8, 4) is 11.6 Å². The van der Waals surface area contributed by atoms with E-state index in [9.17, 15) is 0 Å². The maximum atomic E-state index is 5.84. The molecule has 0 radical (unpaired) electrons. The molecule has 1 N–H and O–H groups in total. The lowest BCUT2D eigenvalue weighted by Crippen LogP contribution is -2.05. The molecule has 0 saturated heterocycles. The van der Waals surface area contributed by atoms with Gasteiger partial charge in [-0.3, -0.25) is 0 Å². The number of methoxy groups -OCH3 is 1. The summed E-state index contributed by atoms with van der Waals surface area (Å²) in [6, 6.07) is 11.7. The quantitative estimate of drug-likeness (QED) is 0.876. The van der Waals surface area contributed by atoms with E-state index in [4.69, 9.17) is 9.47 Å². The first-order valence-electron chi connectivity index (χ1n) is 7.09. The summed E-state index contributed by atoms with van der Waals surface area (Å²) >= 11 is 0. The van der Waals surface area contributed by atoms with E-state index in [-0.39, 0.29) is 0 Å². The third kappa shape index (κ3) is 3.66. The summed E-state index contributed by atoms with van der Waals surface area (Å²) in [5.41, 5.74) is 3.01. The molecule has 0 saturated carbocycles. The summed E-state index contributed by atoms with van der Waals surface area (Å²) in [6.45, 7) is 4.64. The van der Waals surface area contributed by atoms with Crippen LogP contribution < -0.4 is 14.8 Å². The minimum absolute atomic E-state index is 0.382. The Morgan fingerprint density at radius 3 is 2.57 bits per heavy atom. The Hall–Kier alpha value is -2.23. The maximum absolute atomic E-state index is 5.84. The molecule has 0 aliphatic rings. The van der Waals surface area contributed by atoms with Crippen molar-refractivity contribution in [1.82, 2.24) is 4.98 Å². The van der Waals surface area contributed by atoms with Gasteiger partial charge in [0.25, 0.3) is 0 Å². The predicted octanol–water partition coefficient (Wildman–Crippen LogP) is 3.83. The molecule has 4 nitrogen and oxygen atoms in total. The van der Waals surface area contributed by atoms with Gasteiger partial charge in [-0.05, 0) is 24.1 Å². The molecule has 1 heterocycles. The molecule has 0 spiro atoms. The van der Waals surface area contributed by atoms with Crippen LogP contribution in [0, 0.1) is 0 Å². The first kappa shape index (κ1) is 15.2. The van der Waals surface area contributed by atoms with Crippen molar-refractivity contribution in [1.29, 1.82) is 0 Å². The summed E-state index contributed by atoms with van der Waals surface area (Å²) in [5.74, 6) is 1.82. The van der Waals surface area contributed by atoms with Crippen molar-refractivity contribution in [2.75, 3.05) is 19.5 Å². The van der Waals surface area contributed by atoms with E-state index in [1.807, 2.05) is 43.4 Å². The molecule has 2 aromatic rings. The van der Waals surface area contributed by atoms with Gasteiger partial charge < -0.3 is 14.8 Å². The van der Waals surface area contributed by atoms with Crippen LogP contribution in [0.1, 0.15) is 31.0 Å². The number of rotatable bonds is 6. The number of pyridine rings is 1. The lowest BCUT2D eigenvalue weighted by molar-refractivity contribution is 0.285. The average Bonchev–Trinajstić information content (AvgIpc) is 2.52. The van der Waals surface area contributed by atoms with Crippen molar-refractivity contribution in [3.63, 3.8) is 0 Å². The van der Waals surface area contributed by atoms with E-state index in [2.05, 4.69) is 24.1 Å². The highest BCUT2D eigenvalue weighted by molar-refractivity contribution is 5.57. The molecular weight excluding hydrogens is 264 g/mol. The molecule has 0 aliphatic heterocycles. The molecule has 0 amide bonds. The van der Waals surface area contributed by atoms with E-state index in [0.29, 0.717) is 18.4 Å². The molecule has 2 rings (SSSR count). The second kappa shape index (κ2) is 6.97. The number of benzene rings is 1. The fourth-order valence-electron chi connectivity index (χ4n) is 2.12. The Morgan fingerprint density at radius 1 is 1.14 bits per heavy atom. The summed E-state index contributed by atoms with van der Waals surface area (Å²) in [5, 5.41) is 3.16. The van der Waals surface area contributed by atoms with Gasteiger partial charge in [-0.2, -0.15) is 0 Å². The monoisotopic (exact) mass is 286 g/mol. The van der Waals surface area contributed by atoms with E-state index < -0.39 is 0 Å². The van der Waals surface area contributed by atoms with Crippen molar-refractivity contribution < 1.29 is 9.47 Å². The smallest absolute Gasteiger partial charge is 0.213 e. The van der Waals surface area contributed by atoms with Crippen molar-refractivity contribution in [2.24, 2.45) is 0 Å². The minimum atomic E-state index is 0.382. The Morgan fingerprint density at radius 2 is 1.90 bits per heavy atom. The Kier molecular flexibility index (Phi) is 5.04. The third-order valence-corrected chi connectivity index (χ3v) is 3.32. The fourth-order valence-corrected chi connectivity index (χ4v) is 2.12. The SMILES string of the molecule is CNc1cccc(OC)c1COc1cccc(C(C)C)n1. The number of ether oxygens (including phenoxy) is 2. The zero-order chi connectivity index (χ0) is 15.2. The number of aromatic nitrogens is 1. The first-order valence-corrected chi connectivity index (χ1v) is 7.09. The third-order valence-electron chi connectivity index (χ3n) is 3.32. The van der Waals surface area contributed by atoms with Crippen LogP contribution in [-0.2, 0) is 6.61 Å². The maximum Gasteiger partial charge on any atom is 0.213 e. The number of hydrogen-bond acceptors (Lipinski definition) is 4. The zero-order valence-corrected chi connectivity index (χ0v) is 13.0. The van der Waals surface area contributed by atoms with Gasteiger partial charge in [0.1, 0.15) is 12.4 Å². The van der Waals surface area contributed by atoms with Gasteiger partial charge in [0.2, 0.25) is 5.88 Å². The van der Waals surface area contributed by atoms with Crippen LogP contribution in [0.3, 0.4) is 0 Å². The van der Waals surface area contributed by atoms with Gasteiger partial charge in [-0.15, -0.1) is 0 Å². The predicted molar refractivity (Wildman–Crippen MR) is 85.2 cm³/mol. The van der Waals surface area contributed by atoms with Gasteiger partial charge >= 0.3 is 0 Å². The Balaban J connectivity index is 2.18. The molecule has 0 unspecified atom stereocenters. The number of nitrogens with zero attached hydrogens (tertiary/aromatic N) is 1.